The molecule has 1 amide bonds. The topological polar surface area (TPSA) is 89.0 Å². The van der Waals surface area contributed by atoms with Gasteiger partial charge in [0.25, 0.3) is 5.91 Å². The highest BCUT2D eigenvalue weighted by Gasteiger charge is 2.38. The molecular formula is C23H27F3N2O5. The van der Waals surface area contributed by atoms with Gasteiger partial charge in [0.05, 0.1) is 18.8 Å². The molecule has 1 saturated heterocycles. The van der Waals surface area contributed by atoms with E-state index in [2.05, 4.69) is 17.1 Å². The molecule has 1 N–H and O–H groups in total. The molecule has 2 heterocycles. The molecule has 1 aromatic carbocycles. The zero-order valence-corrected chi connectivity index (χ0v) is 18.6. The number of carboxylic acid groups (broad SMARTS) is 1. The first-order chi connectivity index (χ1) is 15.5. The van der Waals surface area contributed by atoms with Gasteiger partial charge in [0.1, 0.15) is 5.75 Å². The molecule has 10 heteroatoms. The molecule has 0 aliphatic carbocycles. The maximum atomic E-state index is 12.8. The normalized spacial score (nSPS) is 18.2. The van der Waals surface area contributed by atoms with Crippen molar-refractivity contribution in [2.75, 3.05) is 27.3 Å². The lowest BCUT2D eigenvalue weighted by atomic mass is 9.88. The van der Waals surface area contributed by atoms with Gasteiger partial charge >= 0.3 is 12.1 Å². The van der Waals surface area contributed by atoms with Crippen LogP contribution in [0.1, 0.15) is 28.0 Å². The number of aromatic nitrogens is 1. The Kier molecular flexibility index (Phi) is 9.22. The van der Waals surface area contributed by atoms with Crippen LogP contribution in [0.4, 0.5) is 13.2 Å². The second kappa shape index (κ2) is 11.6. The first kappa shape index (κ1) is 26.1. The van der Waals surface area contributed by atoms with Crippen LogP contribution < -0.4 is 4.74 Å². The van der Waals surface area contributed by atoms with E-state index in [0.717, 1.165) is 24.3 Å². The van der Waals surface area contributed by atoms with Gasteiger partial charge in [-0.25, -0.2) is 4.79 Å². The summed E-state index contributed by atoms with van der Waals surface area (Å²) >= 11 is 0. The summed E-state index contributed by atoms with van der Waals surface area (Å²) in [7, 11) is 3.42. The molecule has 33 heavy (non-hydrogen) atoms. The van der Waals surface area contributed by atoms with Crippen LogP contribution in [-0.4, -0.2) is 66.5 Å². The van der Waals surface area contributed by atoms with Gasteiger partial charge in [-0.05, 0) is 49.6 Å². The minimum Gasteiger partial charge on any atom is -0.497 e. The summed E-state index contributed by atoms with van der Waals surface area (Å²) in [5.74, 6) is -1.59. The average molecular weight is 468 g/mol. The first-order valence-corrected chi connectivity index (χ1v) is 10.2. The molecule has 1 fully saturated rings. The summed E-state index contributed by atoms with van der Waals surface area (Å²) in [6, 6.07) is 11.8. The monoisotopic (exact) mass is 468 g/mol. The van der Waals surface area contributed by atoms with Crippen molar-refractivity contribution in [3.8, 4) is 5.75 Å². The number of hydrogen-bond donors (Lipinski definition) is 1. The second-order valence-corrected chi connectivity index (χ2v) is 7.62. The van der Waals surface area contributed by atoms with Crippen LogP contribution in [0.25, 0.3) is 0 Å². The van der Waals surface area contributed by atoms with E-state index in [1.807, 2.05) is 36.1 Å². The molecule has 1 aliphatic rings. The largest absolute Gasteiger partial charge is 0.497 e. The Morgan fingerprint density at radius 3 is 2.27 bits per heavy atom. The second-order valence-electron chi connectivity index (χ2n) is 7.62. The lowest BCUT2D eigenvalue weighted by Crippen LogP contribution is -2.47. The summed E-state index contributed by atoms with van der Waals surface area (Å²) < 4.78 is 42.7. The van der Waals surface area contributed by atoms with Gasteiger partial charge in [-0.3, -0.25) is 9.78 Å². The van der Waals surface area contributed by atoms with Gasteiger partial charge in [0, 0.05) is 38.0 Å². The van der Waals surface area contributed by atoms with Gasteiger partial charge in [0.15, 0.2) is 0 Å². The number of piperidine rings is 1. The average Bonchev–Trinajstić information content (AvgIpc) is 2.79. The number of likely N-dealkylation sites (tertiary alicyclic amines) is 1. The molecule has 1 aliphatic heterocycles. The standard InChI is InChI=1S/C21H26N2O3.C2HF3O2/c1-15-4-7-17(13-22-15)21(24)23-11-10-20(26-3)18(14-23)12-16-5-8-19(25-2)9-6-16;3-2(4,5)1(6)7/h4-9,13,18,20H,10-12,14H2,1-3H3;(H,6,7)/t18-,20-;/m0./s1. The molecule has 2 aromatic rings. The van der Waals surface area contributed by atoms with Crippen molar-refractivity contribution in [3.63, 3.8) is 0 Å². The van der Waals surface area contributed by atoms with Gasteiger partial charge in [0.2, 0.25) is 0 Å². The molecule has 0 bridgehead atoms. The molecule has 0 spiro atoms. The molecule has 0 unspecified atom stereocenters. The zero-order chi connectivity index (χ0) is 24.6. The third kappa shape index (κ3) is 7.74. The Balaban J connectivity index is 0.000000479. The van der Waals surface area contributed by atoms with E-state index >= 15 is 0 Å². The Hall–Kier alpha value is -3.14. The minimum atomic E-state index is -5.08. The molecule has 2 atom stereocenters. The molecule has 3 rings (SSSR count). The number of hydrogen-bond acceptors (Lipinski definition) is 5. The number of rotatable bonds is 5. The Labute approximate surface area is 190 Å². The van der Waals surface area contributed by atoms with Crippen molar-refractivity contribution >= 4 is 11.9 Å². The minimum absolute atomic E-state index is 0.0479. The van der Waals surface area contributed by atoms with Crippen LogP contribution in [0, 0.1) is 12.8 Å². The van der Waals surface area contributed by atoms with Crippen LogP contribution in [0.15, 0.2) is 42.6 Å². The number of carbonyl (C=O) groups is 2. The molecule has 0 radical (unpaired) electrons. The fourth-order valence-corrected chi connectivity index (χ4v) is 3.54. The van der Waals surface area contributed by atoms with E-state index in [1.165, 1.54) is 5.56 Å². The smallest absolute Gasteiger partial charge is 0.490 e. The molecule has 1 aromatic heterocycles. The molecule has 7 nitrogen and oxygen atoms in total. The summed E-state index contributed by atoms with van der Waals surface area (Å²) in [5, 5.41) is 7.12. The van der Waals surface area contributed by atoms with Crippen LogP contribution in [0.2, 0.25) is 0 Å². The van der Waals surface area contributed by atoms with E-state index in [-0.39, 0.29) is 17.9 Å². The fraction of sp³-hybridized carbons (Fsp3) is 0.435. The van der Waals surface area contributed by atoms with Crippen molar-refractivity contribution in [2.45, 2.75) is 32.0 Å². The number of ether oxygens (including phenoxy) is 2. The number of amides is 1. The lowest BCUT2D eigenvalue weighted by molar-refractivity contribution is -0.192. The Morgan fingerprint density at radius 2 is 1.79 bits per heavy atom. The van der Waals surface area contributed by atoms with Crippen LogP contribution in [0.3, 0.4) is 0 Å². The number of benzene rings is 1. The number of halogens is 3. The number of nitrogens with zero attached hydrogens (tertiary/aromatic N) is 2. The number of carboxylic acids is 1. The van der Waals surface area contributed by atoms with Gasteiger partial charge in [-0.2, -0.15) is 13.2 Å². The maximum Gasteiger partial charge on any atom is 0.490 e. The lowest BCUT2D eigenvalue weighted by Gasteiger charge is -2.38. The maximum absolute atomic E-state index is 12.8. The highest BCUT2D eigenvalue weighted by molar-refractivity contribution is 5.94. The highest BCUT2D eigenvalue weighted by atomic mass is 19.4. The fourth-order valence-electron chi connectivity index (χ4n) is 3.54. The van der Waals surface area contributed by atoms with Crippen molar-refractivity contribution in [2.24, 2.45) is 5.92 Å². The van der Waals surface area contributed by atoms with Crippen LogP contribution in [-0.2, 0) is 16.0 Å². The van der Waals surface area contributed by atoms with Gasteiger partial charge in [-0.1, -0.05) is 12.1 Å². The third-order valence-electron chi connectivity index (χ3n) is 5.31. The van der Waals surface area contributed by atoms with E-state index in [4.69, 9.17) is 19.4 Å². The Bertz CT molecular complexity index is 917. The van der Waals surface area contributed by atoms with Crippen molar-refractivity contribution in [3.05, 3.63) is 59.4 Å². The summed E-state index contributed by atoms with van der Waals surface area (Å²) in [6.45, 7) is 3.32. The third-order valence-corrected chi connectivity index (χ3v) is 5.31. The number of aliphatic carboxylic acids is 1. The van der Waals surface area contributed by atoms with E-state index in [9.17, 15) is 18.0 Å². The predicted octanol–water partition coefficient (Wildman–Crippen LogP) is 3.75. The number of carbonyl (C=O) groups excluding carboxylic acids is 1. The summed E-state index contributed by atoms with van der Waals surface area (Å²) in [6.07, 6.45) is -1.53. The molecule has 0 saturated carbocycles. The first-order valence-electron chi connectivity index (χ1n) is 10.2. The quantitative estimate of drug-likeness (QED) is 0.719. The predicted molar refractivity (Wildman–Crippen MR) is 114 cm³/mol. The van der Waals surface area contributed by atoms with Crippen molar-refractivity contribution in [1.82, 2.24) is 9.88 Å². The van der Waals surface area contributed by atoms with E-state index < -0.39 is 12.1 Å². The van der Waals surface area contributed by atoms with Gasteiger partial charge < -0.3 is 19.5 Å². The van der Waals surface area contributed by atoms with Crippen molar-refractivity contribution in [1.29, 1.82) is 0 Å². The summed E-state index contributed by atoms with van der Waals surface area (Å²) in [4.78, 5) is 27.9. The molecular weight excluding hydrogens is 441 g/mol. The van der Waals surface area contributed by atoms with Crippen LogP contribution >= 0.6 is 0 Å². The van der Waals surface area contributed by atoms with Crippen LogP contribution in [0.5, 0.6) is 5.75 Å². The van der Waals surface area contributed by atoms with Crippen molar-refractivity contribution < 1.29 is 37.3 Å². The van der Waals surface area contributed by atoms with E-state index in [0.29, 0.717) is 18.7 Å². The zero-order valence-electron chi connectivity index (χ0n) is 18.6. The number of pyridine rings is 1. The summed E-state index contributed by atoms with van der Waals surface area (Å²) in [5.41, 5.74) is 2.79. The highest BCUT2D eigenvalue weighted by Crippen LogP contribution is 2.25. The molecule has 180 valence electrons. The number of alkyl halides is 3. The number of aryl methyl sites for hydroxylation is 1. The van der Waals surface area contributed by atoms with E-state index in [1.54, 1.807) is 20.4 Å². The number of methoxy groups -OCH3 is 2. The Morgan fingerprint density at radius 1 is 1.15 bits per heavy atom. The SMILES string of the molecule is COc1ccc(C[C@H]2CN(C(=O)c3ccc(C)nc3)CC[C@@H]2OC)cc1.O=C(O)C(F)(F)F. The van der Waals surface area contributed by atoms with Gasteiger partial charge in [-0.15, -0.1) is 0 Å².